The van der Waals surface area contributed by atoms with E-state index in [1.54, 1.807) is 0 Å². The van der Waals surface area contributed by atoms with E-state index in [9.17, 15) is 4.79 Å². The zero-order valence-corrected chi connectivity index (χ0v) is 19.1. The van der Waals surface area contributed by atoms with Gasteiger partial charge in [-0.05, 0) is 50.3 Å². The lowest BCUT2D eigenvalue weighted by Gasteiger charge is -2.35. The van der Waals surface area contributed by atoms with Crippen LogP contribution in [0.25, 0.3) is 5.65 Å². The van der Waals surface area contributed by atoms with Crippen molar-refractivity contribution in [1.82, 2.24) is 19.6 Å². The average molecular weight is 458 g/mol. The molecular weight excluding hydrogens is 425 g/mol. The maximum absolute atomic E-state index is 12.9. The van der Waals surface area contributed by atoms with Crippen LogP contribution in [0.3, 0.4) is 0 Å². The van der Waals surface area contributed by atoms with E-state index in [2.05, 4.69) is 28.2 Å². The summed E-state index contributed by atoms with van der Waals surface area (Å²) in [5, 5.41) is 3.10. The number of amides is 1. The number of imidazole rings is 1. The molecule has 2 aliphatic heterocycles. The molecule has 0 aromatic carbocycles. The van der Waals surface area contributed by atoms with Crippen LogP contribution in [0, 0.1) is 12.8 Å². The SMILES string of the molecule is Cc1ccn2cc(CNC(=O)[C@@H]3CC[C@H](N)CN(C4CCOCC4)C3)nc2c1.Cl.Cl. The fourth-order valence-electron chi connectivity index (χ4n) is 4.36. The Balaban J connectivity index is 0.00000160. The molecule has 4 heterocycles. The second-order valence-corrected chi connectivity index (χ2v) is 8.25. The first-order valence-electron chi connectivity index (χ1n) is 10.4. The highest BCUT2D eigenvalue weighted by molar-refractivity contribution is 5.85. The zero-order chi connectivity index (χ0) is 19.5. The Morgan fingerprint density at radius 3 is 2.77 bits per heavy atom. The molecule has 7 nitrogen and oxygen atoms in total. The monoisotopic (exact) mass is 457 g/mol. The van der Waals surface area contributed by atoms with Crippen molar-refractivity contribution in [3.05, 3.63) is 35.8 Å². The maximum Gasteiger partial charge on any atom is 0.224 e. The molecular formula is C21H33Cl2N5O2. The molecule has 0 bridgehead atoms. The number of ether oxygens (including phenoxy) is 1. The van der Waals surface area contributed by atoms with Crippen LogP contribution in [0.4, 0.5) is 0 Å². The zero-order valence-electron chi connectivity index (χ0n) is 17.5. The third-order valence-electron chi connectivity index (χ3n) is 6.00. The molecule has 0 spiro atoms. The molecule has 2 atom stereocenters. The number of aryl methyl sites for hydroxylation is 1. The number of likely N-dealkylation sites (tertiary alicyclic amines) is 1. The topological polar surface area (TPSA) is 84.9 Å². The average Bonchev–Trinajstić information content (AvgIpc) is 2.99. The molecule has 0 radical (unpaired) electrons. The Kier molecular flexibility index (Phi) is 9.37. The summed E-state index contributed by atoms with van der Waals surface area (Å²) in [7, 11) is 0. The Labute approximate surface area is 190 Å². The summed E-state index contributed by atoms with van der Waals surface area (Å²) < 4.78 is 7.49. The van der Waals surface area contributed by atoms with Crippen molar-refractivity contribution in [2.75, 3.05) is 26.3 Å². The van der Waals surface area contributed by atoms with Gasteiger partial charge in [0.2, 0.25) is 5.91 Å². The van der Waals surface area contributed by atoms with Crippen molar-refractivity contribution in [3.8, 4) is 0 Å². The lowest BCUT2D eigenvalue weighted by Crippen LogP contribution is -2.47. The molecule has 2 aliphatic rings. The number of carbonyl (C=O) groups excluding carboxylic acids is 1. The molecule has 2 saturated heterocycles. The van der Waals surface area contributed by atoms with Crippen LogP contribution >= 0.6 is 24.8 Å². The molecule has 2 fully saturated rings. The van der Waals surface area contributed by atoms with Gasteiger partial charge in [-0.15, -0.1) is 24.8 Å². The number of nitrogens with zero attached hydrogens (tertiary/aromatic N) is 3. The van der Waals surface area contributed by atoms with Gasteiger partial charge in [0.25, 0.3) is 0 Å². The second kappa shape index (κ2) is 11.3. The molecule has 9 heteroatoms. The Hall–Kier alpha value is -1.38. The van der Waals surface area contributed by atoms with E-state index in [0.29, 0.717) is 12.6 Å². The quantitative estimate of drug-likeness (QED) is 0.735. The molecule has 168 valence electrons. The first-order chi connectivity index (χ1) is 13.6. The van der Waals surface area contributed by atoms with Crippen molar-refractivity contribution in [2.24, 2.45) is 11.7 Å². The summed E-state index contributed by atoms with van der Waals surface area (Å²) in [5.41, 5.74) is 9.27. The molecule has 3 N–H and O–H groups in total. The molecule has 0 saturated carbocycles. The van der Waals surface area contributed by atoms with E-state index in [0.717, 1.165) is 63.3 Å². The van der Waals surface area contributed by atoms with Gasteiger partial charge in [0.05, 0.1) is 18.2 Å². The summed E-state index contributed by atoms with van der Waals surface area (Å²) in [5.74, 6) is 0.0927. The number of hydrogen-bond donors (Lipinski definition) is 2. The van der Waals surface area contributed by atoms with Crippen LogP contribution in [0.1, 0.15) is 36.9 Å². The minimum Gasteiger partial charge on any atom is -0.381 e. The fraction of sp³-hybridized carbons (Fsp3) is 0.619. The number of fused-ring (bicyclic) bond motifs is 1. The van der Waals surface area contributed by atoms with E-state index >= 15 is 0 Å². The van der Waals surface area contributed by atoms with Gasteiger partial charge in [-0.3, -0.25) is 9.69 Å². The van der Waals surface area contributed by atoms with Crippen molar-refractivity contribution in [2.45, 2.75) is 51.2 Å². The molecule has 2 aromatic rings. The predicted octanol–water partition coefficient (Wildman–Crippen LogP) is 2.32. The molecule has 4 rings (SSSR count). The number of rotatable bonds is 4. The van der Waals surface area contributed by atoms with E-state index in [1.807, 2.05) is 22.9 Å². The van der Waals surface area contributed by atoms with Gasteiger partial charge in [-0.25, -0.2) is 4.98 Å². The largest absolute Gasteiger partial charge is 0.381 e. The molecule has 1 amide bonds. The highest BCUT2D eigenvalue weighted by Gasteiger charge is 2.31. The van der Waals surface area contributed by atoms with E-state index < -0.39 is 0 Å². The number of halogens is 2. The minimum atomic E-state index is -0.0179. The summed E-state index contributed by atoms with van der Waals surface area (Å²) in [6.45, 7) is 5.78. The Morgan fingerprint density at radius 2 is 2.00 bits per heavy atom. The molecule has 30 heavy (non-hydrogen) atoms. The van der Waals surface area contributed by atoms with Crippen LogP contribution in [0.15, 0.2) is 24.5 Å². The normalized spacial score (nSPS) is 23.3. The van der Waals surface area contributed by atoms with Crippen LogP contribution in [-0.4, -0.2) is 58.6 Å². The fourth-order valence-corrected chi connectivity index (χ4v) is 4.36. The van der Waals surface area contributed by atoms with Crippen LogP contribution in [0.5, 0.6) is 0 Å². The van der Waals surface area contributed by atoms with Crippen molar-refractivity contribution < 1.29 is 9.53 Å². The Bertz CT molecular complexity index is 825. The van der Waals surface area contributed by atoms with Gasteiger partial charge in [0.1, 0.15) is 5.65 Å². The van der Waals surface area contributed by atoms with Crippen LogP contribution in [0.2, 0.25) is 0 Å². The van der Waals surface area contributed by atoms with Gasteiger partial charge in [-0.1, -0.05) is 0 Å². The summed E-state index contributed by atoms with van der Waals surface area (Å²) in [4.78, 5) is 19.9. The number of aromatic nitrogens is 2. The summed E-state index contributed by atoms with van der Waals surface area (Å²) >= 11 is 0. The number of nitrogens with two attached hydrogens (primary N) is 1. The minimum absolute atomic E-state index is 0. The first kappa shape index (κ1) is 24.9. The smallest absolute Gasteiger partial charge is 0.224 e. The van der Waals surface area contributed by atoms with Gasteiger partial charge < -0.3 is 20.2 Å². The second-order valence-electron chi connectivity index (χ2n) is 8.25. The summed E-state index contributed by atoms with van der Waals surface area (Å²) in [6.07, 6.45) is 7.78. The van der Waals surface area contributed by atoms with Crippen molar-refractivity contribution in [3.63, 3.8) is 0 Å². The standard InChI is InChI=1S/C21H31N5O2.2ClH/c1-15-4-7-25-14-18(24-20(25)10-15)11-23-21(27)16-2-3-17(22)13-26(12-16)19-5-8-28-9-6-19;;/h4,7,10,14,16-17,19H,2-3,5-6,8-9,11-13,22H2,1H3,(H,23,27);2*1H/t16-,17+;;/m1../s1. The van der Waals surface area contributed by atoms with Crippen molar-refractivity contribution in [1.29, 1.82) is 0 Å². The third-order valence-corrected chi connectivity index (χ3v) is 6.00. The van der Waals surface area contributed by atoms with Gasteiger partial charge in [0.15, 0.2) is 0 Å². The molecule has 0 unspecified atom stereocenters. The van der Waals surface area contributed by atoms with Gasteiger partial charge in [0, 0.05) is 50.8 Å². The summed E-state index contributed by atoms with van der Waals surface area (Å²) in [6, 6.07) is 4.72. The lowest BCUT2D eigenvalue weighted by molar-refractivity contribution is -0.126. The molecule has 2 aromatic heterocycles. The third kappa shape index (κ3) is 6.08. The number of hydrogen-bond acceptors (Lipinski definition) is 5. The van der Waals surface area contributed by atoms with Gasteiger partial charge in [-0.2, -0.15) is 0 Å². The Morgan fingerprint density at radius 1 is 1.23 bits per heavy atom. The number of nitrogens with one attached hydrogen (secondary N) is 1. The maximum atomic E-state index is 12.9. The van der Waals surface area contributed by atoms with Crippen LogP contribution < -0.4 is 11.1 Å². The molecule has 0 aliphatic carbocycles. The highest BCUT2D eigenvalue weighted by atomic mass is 35.5. The predicted molar refractivity (Wildman–Crippen MR) is 122 cm³/mol. The number of pyridine rings is 1. The van der Waals surface area contributed by atoms with Crippen molar-refractivity contribution >= 4 is 36.4 Å². The highest BCUT2D eigenvalue weighted by Crippen LogP contribution is 2.22. The van der Waals surface area contributed by atoms with E-state index in [4.69, 9.17) is 10.5 Å². The van der Waals surface area contributed by atoms with E-state index in [-0.39, 0.29) is 42.7 Å². The van der Waals surface area contributed by atoms with Crippen LogP contribution in [-0.2, 0) is 16.1 Å². The number of carbonyl (C=O) groups is 1. The van der Waals surface area contributed by atoms with Gasteiger partial charge >= 0.3 is 0 Å². The first-order valence-corrected chi connectivity index (χ1v) is 10.4. The lowest BCUT2D eigenvalue weighted by atomic mass is 10.0. The van der Waals surface area contributed by atoms with E-state index in [1.165, 1.54) is 5.56 Å².